The molecule has 114 valence electrons. The highest BCUT2D eigenvalue weighted by atomic mass is 19.1. The Morgan fingerprint density at radius 2 is 1.73 bits per heavy atom. The molecule has 0 amide bonds. The first-order valence-corrected chi connectivity index (χ1v) is 7.71. The molecule has 1 atom stereocenters. The van der Waals surface area contributed by atoms with Gasteiger partial charge in [0.05, 0.1) is 11.8 Å². The lowest BCUT2D eigenvalue weighted by atomic mass is 9.89. The molecule has 0 radical (unpaired) electrons. The summed E-state index contributed by atoms with van der Waals surface area (Å²) >= 11 is 0. The smallest absolute Gasteiger partial charge is 0.132 e. The van der Waals surface area contributed by atoms with E-state index in [1.165, 1.54) is 11.6 Å². The van der Waals surface area contributed by atoms with E-state index in [2.05, 4.69) is 25.1 Å². The number of hydrogen-bond acceptors (Lipinski definition) is 2. The van der Waals surface area contributed by atoms with E-state index in [1.807, 2.05) is 30.3 Å². The summed E-state index contributed by atoms with van der Waals surface area (Å²) in [7, 11) is 4.14. The topological polar surface area (TPSA) is 15.6 Å². The minimum atomic E-state index is -0.204. The van der Waals surface area contributed by atoms with Crippen LogP contribution in [0.15, 0.2) is 53.5 Å². The van der Waals surface area contributed by atoms with Gasteiger partial charge in [0.25, 0.3) is 0 Å². The average Bonchev–Trinajstić information content (AvgIpc) is 2.53. The highest BCUT2D eigenvalue weighted by molar-refractivity contribution is 6.14. The van der Waals surface area contributed by atoms with Crippen LogP contribution in [0.25, 0.3) is 0 Å². The molecule has 0 aliphatic carbocycles. The summed E-state index contributed by atoms with van der Waals surface area (Å²) in [5.41, 5.74) is 3.72. The van der Waals surface area contributed by atoms with Crippen molar-refractivity contribution in [2.75, 3.05) is 20.6 Å². The third kappa shape index (κ3) is 3.09. The van der Waals surface area contributed by atoms with E-state index >= 15 is 0 Å². The molecule has 0 fully saturated rings. The average molecular weight is 296 g/mol. The molecule has 1 unspecified atom stereocenters. The fraction of sp³-hybridized carbons (Fsp3) is 0.316. The molecule has 0 saturated carbocycles. The highest BCUT2D eigenvalue weighted by Gasteiger charge is 2.23. The van der Waals surface area contributed by atoms with Gasteiger partial charge in [-0.15, -0.1) is 0 Å². The van der Waals surface area contributed by atoms with Crippen LogP contribution in [0.1, 0.15) is 23.1 Å². The Balaban J connectivity index is 2.01. The first kappa shape index (κ1) is 14.9. The maximum atomic E-state index is 14.2. The fourth-order valence-electron chi connectivity index (χ4n) is 2.92. The summed E-state index contributed by atoms with van der Waals surface area (Å²) < 4.78 is 14.2. The van der Waals surface area contributed by atoms with E-state index < -0.39 is 0 Å². The summed E-state index contributed by atoms with van der Waals surface area (Å²) in [6.45, 7) is 0.987. The van der Waals surface area contributed by atoms with Crippen LogP contribution in [-0.4, -0.2) is 37.3 Å². The third-order valence-corrected chi connectivity index (χ3v) is 4.08. The van der Waals surface area contributed by atoms with E-state index in [0.717, 1.165) is 30.7 Å². The van der Waals surface area contributed by atoms with Crippen molar-refractivity contribution in [1.29, 1.82) is 0 Å². The standard InChI is InChI=1S/C19H21FN2/c1-22(2)12-11-15-13-14-7-3-4-8-16(14)19(21-15)17-9-5-6-10-18(17)20/h3-10,15H,11-13H2,1-2H3. The van der Waals surface area contributed by atoms with Gasteiger partial charge in [0.15, 0.2) is 0 Å². The number of rotatable bonds is 4. The number of fused-ring (bicyclic) bond motifs is 1. The van der Waals surface area contributed by atoms with Crippen LogP contribution in [0.2, 0.25) is 0 Å². The predicted octanol–water partition coefficient (Wildman–Crippen LogP) is 3.54. The van der Waals surface area contributed by atoms with Crippen LogP contribution in [0.3, 0.4) is 0 Å². The number of hydrogen-bond donors (Lipinski definition) is 0. The second kappa shape index (κ2) is 6.41. The maximum Gasteiger partial charge on any atom is 0.132 e. The largest absolute Gasteiger partial charge is 0.309 e. The molecule has 2 nitrogen and oxygen atoms in total. The second-order valence-corrected chi connectivity index (χ2v) is 6.06. The van der Waals surface area contributed by atoms with Gasteiger partial charge in [-0.05, 0) is 51.2 Å². The SMILES string of the molecule is CN(C)CCC1Cc2ccccc2C(c2ccccc2F)=N1. The molecule has 0 bridgehead atoms. The van der Waals surface area contributed by atoms with Crippen molar-refractivity contribution in [2.45, 2.75) is 18.9 Å². The molecule has 1 aliphatic rings. The Kier molecular flexibility index (Phi) is 4.34. The molecule has 2 aromatic rings. The molecular formula is C19H21FN2. The lowest BCUT2D eigenvalue weighted by molar-refractivity contribution is 0.379. The zero-order chi connectivity index (χ0) is 15.5. The van der Waals surface area contributed by atoms with Crippen LogP contribution < -0.4 is 0 Å². The summed E-state index contributed by atoms with van der Waals surface area (Å²) in [4.78, 5) is 7.04. The normalized spacial score (nSPS) is 17.3. The van der Waals surface area contributed by atoms with Crippen molar-refractivity contribution < 1.29 is 4.39 Å². The molecule has 1 aliphatic heterocycles. The molecule has 22 heavy (non-hydrogen) atoms. The second-order valence-electron chi connectivity index (χ2n) is 6.06. The predicted molar refractivity (Wildman–Crippen MR) is 89.1 cm³/mol. The zero-order valence-electron chi connectivity index (χ0n) is 13.1. The molecule has 0 N–H and O–H groups in total. The van der Waals surface area contributed by atoms with Gasteiger partial charge < -0.3 is 4.90 Å². The van der Waals surface area contributed by atoms with Crippen molar-refractivity contribution in [3.05, 3.63) is 71.0 Å². The van der Waals surface area contributed by atoms with E-state index in [-0.39, 0.29) is 11.9 Å². The zero-order valence-corrected chi connectivity index (χ0v) is 13.1. The van der Waals surface area contributed by atoms with Crippen LogP contribution >= 0.6 is 0 Å². The molecule has 0 aromatic heterocycles. The van der Waals surface area contributed by atoms with Crippen molar-refractivity contribution in [2.24, 2.45) is 4.99 Å². The van der Waals surface area contributed by atoms with Gasteiger partial charge in [-0.25, -0.2) is 4.39 Å². The van der Waals surface area contributed by atoms with Gasteiger partial charge in [0, 0.05) is 11.1 Å². The van der Waals surface area contributed by atoms with Crippen molar-refractivity contribution in [3.8, 4) is 0 Å². The van der Waals surface area contributed by atoms with Gasteiger partial charge in [0.2, 0.25) is 0 Å². The molecule has 0 spiro atoms. The van der Waals surface area contributed by atoms with Crippen LogP contribution in [0.5, 0.6) is 0 Å². The molecule has 3 rings (SSSR count). The van der Waals surface area contributed by atoms with Gasteiger partial charge in [0.1, 0.15) is 5.82 Å². The quantitative estimate of drug-likeness (QED) is 0.842. The minimum Gasteiger partial charge on any atom is -0.309 e. The van der Waals surface area contributed by atoms with E-state index in [9.17, 15) is 4.39 Å². The minimum absolute atomic E-state index is 0.204. The van der Waals surface area contributed by atoms with E-state index in [1.54, 1.807) is 6.07 Å². The van der Waals surface area contributed by atoms with Gasteiger partial charge in [-0.3, -0.25) is 4.99 Å². The monoisotopic (exact) mass is 296 g/mol. The van der Waals surface area contributed by atoms with Crippen molar-refractivity contribution in [3.63, 3.8) is 0 Å². The molecular weight excluding hydrogens is 275 g/mol. The molecule has 2 aromatic carbocycles. The maximum absolute atomic E-state index is 14.2. The van der Waals surface area contributed by atoms with Gasteiger partial charge in [-0.2, -0.15) is 0 Å². The Morgan fingerprint density at radius 3 is 2.45 bits per heavy atom. The Bertz CT molecular complexity index is 691. The lowest BCUT2D eigenvalue weighted by Crippen LogP contribution is -2.26. The number of aliphatic imine (C=N–C) groups is 1. The van der Waals surface area contributed by atoms with Gasteiger partial charge >= 0.3 is 0 Å². The summed E-state index contributed by atoms with van der Waals surface area (Å²) in [6, 6.07) is 15.3. The summed E-state index contributed by atoms with van der Waals surface area (Å²) in [5.74, 6) is -0.204. The Hall–Kier alpha value is -2.00. The Labute approximate surface area is 131 Å². The van der Waals surface area contributed by atoms with Crippen molar-refractivity contribution in [1.82, 2.24) is 4.90 Å². The summed E-state index contributed by atoms with van der Waals surface area (Å²) in [5, 5.41) is 0. The van der Waals surface area contributed by atoms with Crippen LogP contribution in [0.4, 0.5) is 4.39 Å². The van der Waals surface area contributed by atoms with Gasteiger partial charge in [-0.1, -0.05) is 36.4 Å². The molecule has 0 saturated heterocycles. The Morgan fingerprint density at radius 1 is 1.05 bits per heavy atom. The fourth-order valence-corrected chi connectivity index (χ4v) is 2.92. The number of benzene rings is 2. The van der Waals surface area contributed by atoms with Crippen LogP contribution in [-0.2, 0) is 6.42 Å². The number of halogens is 1. The van der Waals surface area contributed by atoms with E-state index in [0.29, 0.717) is 5.56 Å². The highest BCUT2D eigenvalue weighted by Crippen LogP contribution is 2.25. The summed E-state index contributed by atoms with van der Waals surface area (Å²) in [6.07, 6.45) is 1.92. The molecule has 3 heteroatoms. The van der Waals surface area contributed by atoms with Crippen molar-refractivity contribution >= 4 is 5.71 Å². The van der Waals surface area contributed by atoms with Crippen LogP contribution in [0, 0.1) is 5.82 Å². The van der Waals surface area contributed by atoms with E-state index in [4.69, 9.17) is 4.99 Å². The first-order chi connectivity index (χ1) is 10.6. The lowest BCUT2D eigenvalue weighted by Gasteiger charge is -2.25. The third-order valence-electron chi connectivity index (χ3n) is 4.08. The molecule has 1 heterocycles. The first-order valence-electron chi connectivity index (χ1n) is 7.71. The number of nitrogens with zero attached hydrogens (tertiary/aromatic N) is 2.